The number of sulfonamides is 1. The van der Waals surface area contributed by atoms with Gasteiger partial charge < -0.3 is 10.8 Å². The smallest absolute Gasteiger partial charge is 0.243 e. The van der Waals surface area contributed by atoms with E-state index in [1.165, 1.54) is 4.31 Å². The van der Waals surface area contributed by atoms with Gasteiger partial charge in [0.25, 0.3) is 0 Å². The van der Waals surface area contributed by atoms with Gasteiger partial charge in [-0.15, -0.1) is 0 Å². The van der Waals surface area contributed by atoms with Gasteiger partial charge in [0.1, 0.15) is 0 Å². The monoisotopic (exact) mass is 370 g/mol. The van der Waals surface area contributed by atoms with E-state index in [0.29, 0.717) is 25.4 Å². The van der Waals surface area contributed by atoms with Crippen molar-refractivity contribution in [2.45, 2.75) is 57.9 Å². The maximum atomic E-state index is 13.2. The van der Waals surface area contributed by atoms with Gasteiger partial charge in [0.15, 0.2) is 0 Å². The molecule has 144 valence electrons. The summed E-state index contributed by atoms with van der Waals surface area (Å²) in [4.78, 5) is 0.284. The Morgan fingerprint density at radius 1 is 1.12 bits per heavy atom. The highest BCUT2D eigenvalue weighted by molar-refractivity contribution is 7.89. The van der Waals surface area contributed by atoms with Crippen LogP contribution < -0.4 is 5.73 Å². The lowest BCUT2D eigenvalue weighted by Crippen LogP contribution is -2.44. The fourth-order valence-electron chi connectivity index (χ4n) is 2.88. The molecule has 0 fully saturated rings. The molecule has 3 N–H and O–H groups in total. The van der Waals surface area contributed by atoms with Crippen LogP contribution in [0, 0.1) is 18.8 Å². The zero-order valence-electron chi connectivity index (χ0n) is 16.0. The van der Waals surface area contributed by atoms with E-state index in [1.54, 1.807) is 24.3 Å². The van der Waals surface area contributed by atoms with Crippen LogP contribution in [-0.2, 0) is 10.0 Å². The Hall–Kier alpha value is -0.950. The van der Waals surface area contributed by atoms with Crippen molar-refractivity contribution < 1.29 is 13.5 Å². The quantitative estimate of drug-likeness (QED) is 0.627. The number of aryl methyl sites for hydroxylation is 1. The minimum absolute atomic E-state index is 0.182. The molecule has 0 amide bonds. The van der Waals surface area contributed by atoms with Crippen LogP contribution in [0.3, 0.4) is 0 Å². The number of nitrogens with zero attached hydrogens (tertiary/aromatic N) is 1. The van der Waals surface area contributed by atoms with Crippen LogP contribution in [0.5, 0.6) is 0 Å². The second-order valence-corrected chi connectivity index (χ2v) is 9.26. The van der Waals surface area contributed by atoms with Crippen LogP contribution in [0.25, 0.3) is 0 Å². The standard InChI is InChI=1S/C19H34N2O3S/c1-15(2)10-12-21(18(14-22)13-17(4)9-11-20)25(23,24)19-7-5-16(3)6-8-19/h5-8,15,17-18,22H,9-14,20H2,1-4H3/t17-,18?/m0/s1. The molecule has 0 aliphatic rings. The number of benzene rings is 1. The fraction of sp³-hybridized carbons (Fsp3) is 0.684. The Kier molecular flexibility index (Phi) is 9.07. The van der Waals surface area contributed by atoms with Crippen molar-refractivity contribution in [2.24, 2.45) is 17.6 Å². The van der Waals surface area contributed by atoms with Gasteiger partial charge in [-0.3, -0.25) is 0 Å². The molecule has 0 spiro atoms. The molecule has 2 atom stereocenters. The topological polar surface area (TPSA) is 83.6 Å². The zero-order chi connectivity index (χ0) is 19.0. The zero-order valence-corrected chi connectivity index (χ0v) is 16.8. The van der Waals surface area contributed by atoms with E-state index in [0.717, 1.165) is 18.4 Å². The van der Waals surface area contributed by atoms with Gasteiger partial charge in [-0.25, -0.2) is 8.42 Å². The third-order valence-electron chi connectivity index (χ3n) is 4.51. The summed E-state index contributed by atoms with van der Waals surface area (Å²) in [6.45, 7) is 8.92. The van der Waals surface area contributed by atoms with Crippen LogP contribution in [0.15, 0.2) is 29.2 Å². The van der Waals surface area contributed by atoms with Crippen LogP contribution in [-0.4, -0.2) is 43.6 Å². The Labute approximate surface area is 153 Å². The van der Waals surface area contributed by atoms with Crippen molar-refractivity contribution in [3.63, 3.8) is 0 Å². The predicted molar refractivity (Wildman–Crippen MR) is 103 cm³/mol. The van der Waals surface area contributed by atoms with E-state index in [9.17, 15) is 13.5 Å². The van der Waals surface area contributed by atoms with Gasteiger partial charge in [-0.1, -0.05) is 38.5 Å². The van der Waals surface area contributed by atoms with E-state index in [-0.39, 0.29) is 17.4 Å². The molecule has 0 saturated carbocycles. The van der Waals surface area contributed by atoms with Gasteiger partial charge >= 0.3 is 0 Å². The van der Waals surface area contributed by atoms with Gasteiger partial charge in [0, 0.05) is 12.6 Å². The average molecular weight is 371 g/mol. The number of hydrogen-bond acceptors (Lipinski definition) is 4. The minimum Gasteiger partial charge on any atom is -0.395 e. The number of aliphatic hydroxyl groups is 1. The second-order valence-electron chi connectivity index (χ2n) is 7.37. The molecular formula is C19H34N2O3S. The first-order valence-electron chi connectivity index (χ1n) is 9.11. The highest BCUT2D eigenvalue weighted by Crippen LogP contribution is 2.24. The molecule has 1 aromatic carbocycles. The number of aliphatic hydroxyl groups excluding tert-OH is 1. The second kappa shape index (κ2) is 10.3. The lowest BCUT2D eigenvalue weighted by molar-refractivity contribution is 0.160. The molecule has 25 heavy (non-hydrogen) atoms. The Morgan fingerprint density at radius 3 is 2.20 bits per heavy atom. The first kappa shape index (κ1) is 22.1. The molecule has 0 aliphatic heterocycles. The Bertz CT molecular complexity index is 600. The van der Waals surface area contributed by atoms with Crippen molar-refractivity contribution >= 4 is 10.0 Å². The van der Waals surface area contributed by atoms with Gasteiger partial charge in [0.2, 0.25) is 10.0 Å². The molecule has 0 saturated heterocycles. The summed E-state index contributed by atoms with van der Waals surface area (Å²) in [5.41, 5.74) is 6.63. The van der Waals surface area contributed by atoms with E-state index in [4.69, 9.17) is 5.73 Å². The van der Waals surface area contributed by atoms with E-state index in [2.05, 4.69) is 20.8 Å². The Balaban J connectivity index is 3.13. The van der Waals surface area contributed by atoms with E-state index >= 15 is 0 Å². The molecule has 0 bridgehead atoms. The van der Waals surface area contributed by atoms with E-state index < -0.39 is 16.1 Å². The van der Waals surface area contributed by atoms with Crippen LogP contribution >= 0.6 is 0 Å². The summed E-state index contributed by atoms with van der Waals surface area (Å²) >= 11 is 0. The molecule has 1 aromatic rings. The molecule has 5 nitrogen and oxygen atoms in total. The minimum atomic E-state index is -3.64. The largest absolute Gasteiger partial charge is 0.395 e. The predicted octanol–water partition coefficient (Wildman–Crippen LogP) is 2.77. The van der Waals surface area contributed by atoms with Crippen molar-refractivity contribution in [1.82, 2.24) is 4.31 Å². The first-order chi connectivity index (χ1) is 11.7. The molecule has 0 heterocycles. The first-order valence-corrected chi connectivity index (χ1v) is 10.6. The van der Waals surface area contributed by atoms with Gasteiger partial charge in [-0.2, -0.15) is 4.31 Å². The summed E-state index contributed by atoms with van der Waals surface area (Å²) in [5, 5.41) is 9.90. The molecule has 6 heteroatoms. The number of rotatable bonds is 11. The van der Waals surface area contributed by atoms with Gasteiger partial charge in [-0.05, 0) is 56.7 Å². The van der Waals surface area contributed by atoms with Gasteiger partial charge in [0.05, 0.1) is 11.5 Å². The lowest BCUT2D eigenvalue weighted by atomic mass is 9.98. The summed E-state index contributed by atoms with van der Waals surface area (Å²) in [7, 11) is -3.64. The average Bonchev–Trinajstić information content (AvgIpc) is 2.54. The summed E-state index contributed by atoms with van der Waals surface area (Å²) in [5.74, 6) is 0.647. The summed E-state index contributed by atoms with van der Waals surface area (Å²) in [6, 6.07) is 6.47. The van der Waals surface area contributed by atoms with Crippen LogP contribution in [0.4, 0.5) is 0 Å². The molecule has 1 unspecified atom stereocenters. The fourth-order valence-corrected chi connectivity index (χ4v) is 4.52. The summed E-state index contributed by atoms with van der Waals surface area (Å²) in [6.07, 6.45) is 2.18. The highest BCUT2D eigenvalue weighted by atomic mass is 32.2. The normalized spacial score (nSPS) is 14.9. The third-order valence-corrected chi connectivity index (χ3v) is 6.47. The lowest BCUT2D eigenvalue weighted by Gasteiger charge is -2.32. The van der Waals surface area contributed by atoms with Crippen molar-refractivity contribution in [3.8, 4) is 0 Å². The van der Waals surface area contributed by atoms with Crippen molar-refractivity contribution in [2.75, 3.05) is 19.7 Å². The SMILES string of the molecule is Cc1ccc(S(=O)(=O)N(CCC(C)C)C(CO)C[C@@H](C)CCN)cc1. The summed E-state index contributed by atoms with van der Waals surface area (Å²) < 4.78 is 27.9. The van der Waals surface area contributed by atoms with Crippen molar-refractivity contribution in [1.29, 1.82) is 0 Å². The van der Waals surface area contributed by atoms with Crippen molar-refractivity contribution in [3.05, 3.63) is 29.8 Å². The third kappa shape index (κ3) is 6.70. The molecule has 0 aliphatic carbocycles. The Morgan fingerprint density at radius 2 is 1.72 bits per heavy atom. The highest BCUT2D eigenvalue weighted by Gasteiger charge is 2.31. The maximum Gasteiger partial charge on any atom is 0.243 e. The van der Waals surface area contributed by atoms with E-state index in [1.807, 2.05) is 6.92 Å². The molecule has 0 aromatic heterocycles. The molecular weight excluding hydrogens is 336 g/mol. The molecule has 1 rings (SSSR count). The van der Waals surface area contributed by atoms with Crippen LogP contribution in [0.1, 0.15) is 45.6 Å². The number of nitrogens with two attached hydrogens (primary N) is 1. The maximum absolute atomic E-state index is 13.2. The molecule has 0 radical (unpaired) electrons. The van der Waals surface area contributed by atoms with Crippen LogP contribution in [0.2, 0.25) is 0 Å². The number of hydrogen-bond donors (Lipinski definition) is 2.